The lowest BCUT2D eigenvalue weighted by Gasteiger charge is -2.20. The van der Waals surface area contributed by atoms with E-state index in [1.807, 2.05) is 12.1 Å². The van der Waals surface area contributed by atoms with Crippen molar-refractivity contribution in [2.45, 2.75) is 0 Å². The molecule has 11 aromatic rings. The zero-order chi connectivity index (χ0) is 37.5. The van der Waals surface area contributed by atoms with Gasteiger partial charge >= 0.3 is 0 Å². The van der Waals surface area contributed by atoms with Crippen molar-refractivity contribution in [3.8, 4) is 77.9 Å². The molecule has 0 N–H and O–H groups in total. The molecule has 1 aliphatic carbocycles. The smallest absolute Gasteiger partial charge is 0.135 e. The van der Waals surface area contributed by atoms with E-state index in [4.69, 9.17) is 4.42 Å². The molecular weight excluding hydrogens is 689 g/mol. The van der Waals surface area contributed by atoms with Crippen molar-refractivity contribution in [1.29, 1.82) is 0 Å². The fraction of sp³-hybridized carbons (Fsp3) is 0. The first-order valence-corrected chi connectivity index (χ1v) is 19.7. The number of benzene rings is 10. The molecule has 0 fully saturated rings. The van der Waals surface area contributed by atoms with Crippen LogP contribution in [0.4, 0.5) is 0 Å². The van der Waals surface area contributed by atoms with Gasteiger partial charge in [0.1, 0.15) is 11.2 Å². The summed E-state index contributed by atoms with van der Waals surface area (Å²) in [6, 6.07) is 75.2. The Balaban J connectivity index is 0.960. The average molecular weight is 723 g/mol. The van der Waals surface area contributed by atoms with Gasteiger partial charge in [-0.1, -0.05) is 188 Å². The minimum atomic E-state index is 0.920. The van der Waals surface area contributed by atoms with Crippen LogP contribution in [0.5, 0.6) is 0 Å². The first-order valence-electron chi connectivity index (χ1n) is 19.7. The summed E-state index contributed by atoms with van der Waals surface area (Å²) in [5, 5.41) is 7.47. The van der Waals surface area contributed by atoms with E-state index in [1.54, 1.807) is 0 Å². The molecule has 0 aliphatic heterocycles. The summed E-state index contributed by atoms with van der Waals surface area (Å²) in [6.45, 7) is 0. The van der Waals surface area contributed by atoms with Crippen LogP contribution in [0.2, 0.25) is 0 Å². The monoisotopic (exact) mass is 722 g/mol. The highest BCUT2D eigenvalue weighted by Gasteiger charge is 2.31. The van der Waals surface area contributed by atoms with Crippen LogP contribution >= 0.6 is 0 Å². The number of rotatable bonds is 5. The number of fused-ring (bicyclic) bond motifs is 7. The SMILES string of the molecule is c1ccc(-c2c3c(c(-c4ccccc4)c4ccccc24)-c2ccc(-c4ccc(-c5ccc(-c6ccc7oc8ccccc8c7c6)cc5)cc4)c4cccc-3c24)cc1. The molecule has 1 aromatic heterocycles. The molecule has 0 bridgehead atoms. The summed E-state index contributed by atoms with van der Waals surface area (Å²) in [4.78, 5) is 0. The van der Waals surface area contributed by atoms with Gasteiger partial charge < -0.3 is 4.42 Å². The second-order valence-corrected chi connectivity index (χ2v) is 15.1. The standard InChI is InChI=1S/C56H34O/c1-3-12-39(13-4-1)52-45-17-7-8-18-46(45)53(40-14-5-2-6-15-40)56-48-32-31-42(44-19-11-20-47(54(44)48)55(52)56)38-28-26-36(27-29-38)35-22-24-37(25-23-35)41-30-33-51-49(34-41)43-16-9-10-21-50(43)57-51/h1-34H. The predicted molar refractivity (Wildman–Crippen MR) is 240 cm³/mol. The summed E-state index contributed by atoms with van der Waals surface area (Å²) in [5.41, 5.74) is 19.4. The second-order valence-electron chi connectivity index (χ2n) is 15.1. The number of hydrogen-bond acceptors (Lipinski definition) is 1. The molecule has 0 saturated heterocycles. The molecule has 0 unspecified atom stereocenters. The summed E-state index contributed by atoms with van der Waals surface area (Å²) >= 11 is 0. The number of hydrogen-bond donors (Lipinski definition) is 0. The molecule has 1 heterocycles. The van der Waals surface area contributed by atoms with Crippen LogP contribution in [0.15, 0.2) is 211 Å². The molecule has 1 aliphatic rings. The van der Waals surface area contributed by atoms with Gasteiger partial charge in [-0.3, -0.25) is 0 Å². The highest BCUT2D eigenvalue weighted by Crippen LogP contribution is 2.58. The highest BCUT2D eigenvalue weighted by molar-refractivity contribution is 6.28. The van der Waals surface area contributed by atoms with Crippen LogP contribution in [-0.4, -0.2) is 0 Å². The second kappa shape index (κ2) is 12.5. The summed E-state index contributed by atoms with van der Waals surface area (Å²) in [5.74, 6) is 0. The Bertz CT molecular complexity index is 3260. The molecule has 0 spiro atoms. The van der Waals surface area contributed by atoms with Gasteiger partial charge in [0, 0.05) is 10.8 Å². The lowest BCUT2D eigenvalue weighted by atomic mass is 9.82. The fourth-order valence-corrected chi connectivity index (χ4v) is 9.46. The van der Waals surface area contributed by atoms with Gasteiger partial charge in [-0.25, -0.2) is 0 Å². The number of para-hydroxylation sites is 1. The maximum absolute atomic E-state index is 6.07. The van der Waals surface area contributed by atoms with Crippen molar-refractivity contribution < 1.29 is 4.42 Å². The largest absolute Gasteiger partial charge is 0.456 e. The lowest BCUT2D eigenvalue weighted by molar-refractivity contribution is 0.669. The quantitative estimate of drug-likeness (QED) is 0.172. The van der Waals surface area contributed by atoms with E-state index in [-0.39, 0.29) is 0 Å². The average Bonchev–Trinajstić information content (AvgIpc) is 3.82. The third kappa shape index (κ3) is 4.89. The minimum absolute atomic E-state index is 0.920. The van der Waals surface area contributed by atoms with Gasteiger partial charge in [0.15, 0.2) is 0 Å². The zero-order valence-electron chi connectivity index (χ0n) is 31.0. The van der Waals surface area contributed by atoms with Crippen molar-refractivity contribution in [1.82, 2.24) is 0 Å². The number of furan rings is 1. The fourth-order valence-electron chi connectivity index (χ4n) is 9.46. The molecule has 12 rings (SSSR count). The Kier molecular flexibility index (Phi) is 7.00. The van der Waals surface area contributed by atoms with E-state index >= 15 is 0 Å². The summed E-state index contributed by atoms with van der Waals surface area (Å²) < 4.78 is 6.07. The first-order chi connectivity index (χ1) is 28.3. The third-order valence-corrected chi connectivity index (χ3v) is 12.0. The Morgan fingerprint density at radius 1 is 0.228 bits per heavy atom. The maximum atomic E-state index is 6.07. The zero-order valence-corrected chi connectivity index (χ0v) is 31.0. The Hall–Kier alpha value is -7.48. The summed E-state index contributed by atoms with van der Waals surface area (Å²) in [6.07, 6.45) is 0. The van der Waals surface area contributed by atoms with Crippen molar-refractivity contribution in [3.05, 3.63) is 206 Å². The topological polar surface area (TPSA) is 13.1 Å². The molecule has 1 nitrogen and oxygen atoms in total. The Labute approximate surface area is 330 Å². The molecule has 10 aromatic carbocycles. The molecule has 57 heavy (non-hydrogen) atoms. The van der Waals surface area contributed by atoms with E-state index in [0.29, 0.717) is 0 Å². The van der Waals surface area contributed by atoms with Gasteiger partial charge in [-0.15, -0.1) is 0 Å². The van der Waals surface area contributed by atoms with Crippen molar-refractivity contribution in [3.63, 3.8) is 0 Å². The first kappa shape index (κ1) is 31.8. The van der Waals surface area contributed by atoms with Crippen LogP contribution in [0, 0.1) is 0 Å². The third-order valence-electron chi connectivity index (χ3n) is 12.0. The van der Waals surface area contributed by atoms with Crippen molar-refractivity contribution >= 4 is 43.5 Å². The Morgan fingerprint density at radius 3 is 1.32 bits per heavy atom. The van der Waals surface area contributed by atoms with Gasteiger partial charge in [-0.2, -0.15) is 0 Å². The van der Waals surface area contributed by atoms with Crippen molar-refractivity contribution in [2.75, 3.05) is 0 Å². The van der Waals surface area contributed by atoms with Gasteiger partial charge in [0.2, 0.25) is 0 Å². The van der Waals surface area contributed by atoms with Gasteiger partial charge in [-0.05, 0) is 118 Å². The van der Waals surface area contributed by atoms with Crippen molar-refractivity contribution in [2.24, 2.45) is 0 Å². The van der Waals surface area contributed by atoms with E-state index in [2.05, 4.69) is 194 Å². The van der Waals surface area contributed by atoms with E-state index in [0.717, 1.165) is 21.9 Å². The molecule has 264 valence electrons. The van der Waals surface area contributed by atoms with Crippen LogP contribution < -0.4 is 0 Å². The van der Waals surface area contributed by atoms with E-state index in [1.165, 1.54) is 99.4 Å². The minimum Gasteiger partial charge on any atom is -0.456 e. The predicted octanol–water partition coefficient (Wildman–Crippen LogP) is 15.9. The lowest BCUT2D eigenvalue weighted by Crippen LogP contribution is -1.93. The molecule has 0 radical (unpaired) electrons. The van der Waals surface area contributed by atoms with E-state index < -0.39 is 0 Å². The molecule has 0 saturated carbocycles. The normalized spacial score (nSPS) is 11.9. The molecule has 1 heteroatoms. The van der Waals surface area contributed by atoms with E-state index in [9.17, 15) is 0 Å². The van der Waals surface area contributed by atoms with Crippen LogP contribution in [0.1, 0.15) is 0 Å². The van der Waals surface area contributed by atoms with Gasteiger partial charge in [0.05, 0.1) is 0 Å². The van der Waals surface area contributed by atoms with Gasteiger partial charge in [0.25, 0.3) is 0 Å². The molecular formula is C56H34O. The summed E-state index contributed by atoms with van der Waals surface area (Å²) in [7, 11) is 0. The van der Waals surface area contributed by atoms with Crippen LogP contribution in [-0.2, 0) is 0 Å². The molecule has 0 atom stereocenters. The molecule has 0 amide bonds. The highest BCUT2D eigenvalue weighted by atomic mass is 16.3. The maximum Gasteiger partial charge on any atom is 0.135 e. The van der Waals surface area contributed by atoms with Crippen LogP contribution in [0.25, 0.3) is 121 Å². The Morgan fingerprint density at radius 2 is 0.684 bits per heavy atom. The van der Waals surface area contributed by atoms with Crippen LogP contribution in [0.3, 0.4) is 0 Å².